The zero-order valence-electron chi connectivity index (χ0n) is 22.1. The van der Waals surface area contributed by atoms with Crippen LogP contribution in [-0.2, 0) is 27.0 Å². The Morgan fingerprint density at radius 2 is 1.68 bits per heavy atom. The first-order valence-corrected chi connectivity index (χ1v) is 13.8. The van der Waals surface area contributed by atoms with E-state index in [1.165, 1.54) is 14.2 Å². The zero-order valence-corrected chi connectivity index (χ0v) is 22.9. The fraction of sp³-hybridized carbons (Fsp3) is 0.481. The molecule has 1 heterocycles. The fourth-order valence-electron chi connectivity index (χ4n) is 4.44. The van der Waals surface area contributed by atoms with Crippen LogP contribution in [0.4, 0.5) is 0 Å². The van der Waals surface area contributed by atoms with Crippen molar-refractivity contribution in [3.63, 3.8) is 0 Å². The highest BCUT2D eigenvalue weighted by Gasteiger charge is 2.35. The molecule has 0 bridgehead atoms. The molecule has 0 saturated carbocycles. The molecule has 3 rings (SSSR count). The number of benzene rings is 2. The van der Waals surface area contributed by atoms with Gasteiger partial charge in [0.15, 0.2) is 11.5 Å². The quantitative estimate of drug-likeness (QED) is 0.391. The summed E-state index contributed by atoms with van der Waals surface area (Å²) in [6.45, 7) is 3.90. The molecule has 0 aromatic heterocycles. The molecule has 208 valence electrons. The van der Waals surface area contributed by atoms with E-state index in [-0.39, 0.29) is 5.91 Å². The molecule has 10 nitrogen and oxygen atoms in total. The minimum Gasteiger partial charge on any atom is -0.494 e. The number of methoxy groups -OCH3 is 2. The number of piperazine rings is 1. The summed E-state index contributed by atoms with van der Waals surface area (Å²) in [5.74, 6) is -0.346. The highest BCUT2D eigenvalue weighted by Crippen LogP contribution is 2.30. The van der Waals surface area contributed by atoms with Crippen molar-refractivity contribution in [1.82, 2.24) is 9.21 Å². The number of ether oxygens (including phenoxy) is 3. The first kappa shape index (κ1) is 29.4. The summed E-state index contributed by atoms with van der Waals surface area (Å²) in [6.07, 6.45) is 0.0212. The van der Waals surface area contributed by atoms with E-state index in [2.05, 4.69) is 0 Å². The monoisotopic (exact) mass is 547 g/mol. The highest BCUT2D eigenvalue weighted by molar-refractivity contribution is 7.82. The normalized spacial score (nSPS) is 16.4. The number of carbonyl (C=O) groups is 2. The Kier molecular flexibility index (Phi) is 10.9. The van der Waals surface area contributed by atoms with Crippen LogP contribution in [0.2, 0.25) is 0 Å². The van der Waals surface area contributed by atoms with Gasteiger partial charge in [0.05, 0.1) is 31.6 Å². The van der Waals surface area contributed by atoms with Gasteiger partial charge in [-0.1, -0.05) is 12.1 Å². The number of aliphatic hydroxyl groups is 1. The second kappa shape index (κ2) is 14.1. The van der Waals surface area contributed by atoms with Crippen LogP contribution in [0.5, 0.6) is 17.2 Å². The van der Waals surface area contributed by atoms with E-state index < -0.39 is 28.9 Å². The van der Waals surface area contributed by atoms with E-state index in [0.717, 1.165) is 11.3 Å². The van der Waals surface area contributed by atoms with Gasteiger partial charge in [-0.05, 0) is 56.0 Å². The second-order valence-electron chi connectivity index (χ2n) is 8.94. The van der Waals surface area contributed by atoms with Crippen LogP contribution in [0.25, 0.3) is 0 Å². The lowest BCUT2D eigenvalue weighted by Gasteiger charge is -2.36. The topological polar surface area (TPSA) is 132 Å². The minimum absolute atomic E-state index is 0.313. The molecule has 3 unspecified atom stereocenters. The summed E-state index contributed by atoms with van der Waals surface area (Å²) in [6, 6.07) is 12.8. The van der Waals surface area contributed by atoms with Gasteiger partial charge in [-0.3, -0.25) is 9.59 Å². The molecule has 11 heteroatoms. The van der Waals surface area contributed by atoms with Crippen LogP contribution in [0.3, 0.4) is 0 Å². The van der Waals surface area contributed by atoms with Gasteiger partial charge >= 0.3 is 0 Å². The molecule has 2 amide bonds. The summed E-state index contributed by atoms with van der Waals surface area (Å²) < 4.78 is 30.9. The summed E-state index contributed by atoms with van der Waals surface area (Å²) in [5, 5.41) is 10.4. The molecule has 1 fully saturated rings. The number of nitrogens with zero attached hydrogens (tertiary/aromatic N) is 2. The van der Waals surface area contributed by atoms with E-state index in [4.69, 9.17) is 19.9 Å². The van der Waals surface area contributed by atoms with Gasteiger partial charge < -0.3 is 30.0 Å². The lowest BCUT2D eigenvalue weighted by atomic mass is 9.92. The lowest BCUT2D eigenvalue weighted by molar-refractivity contribution is -0.146. The van der Waals surface area contributed by atoms with Gasteiger partial charge in [0.2, 0.25) is 11.8 Å². The van der Waals surface area contributed by atoms with Crippen molar-refractivity contribution in [3.05, 3.63) is 48.0 Å². The number of carbonyl (C=O) groups excluding carboxylic acids is 2. The van der Waals surface area contributed by atoms with E-state index in [1.807, 2.05) is 31.2 Å². The van der Waals surface area contributed by atoms with Crippen molar-refractivity contribution in [2.24, 2.45) is 11.7 Å². The van der Waals surface area contributed by atoms with Crippen molar-refractivity contribution in [3.8, 4) is 17.2 Å². The fourth-order valence-corrected chi connectivity index (χ4v) is 5.63. The van der Waals surface area contributed by atoms with Gasteiger partial charge in [0, 0.05) is 32.2 Å². The smallest absolute Gasteiger partial charge is 0.247 e. The van der Waals surface area contributed by atoms with Crippen LogP contribution < -0.4 is 19.9 Å². The summed E-state index contributed by atoms with van der Waals surface area (Å²) in [7, 11) is 1.60. The van der Waals surface area contributed by atoms with Crippen molar-refractivity contribution in [2.75, 3.05) is 47.0 Å². The molecule has 3 atom stereocenters. The molecule has 1 aliphatic heterocycles. The largest absolute Gasteiger partial charge is 0.494 e. The number of hydrogen-bond donors (Lipinski definition) is 2. The Hall–Kier alpha value is -3.15. The molecule has 0 radical (unpaired) electrons. The maximum absolute atomic E-state index is 13.3. The third-order valence-electron chi connectivity index (χ3n) is 6.55. The summed E-state index contributed by atoms with van der Waals surface area (Å²) >= 11 is 0. The third-order valence-corrected chi connectivity index (χ3v) is 8.04. The van der Waals surface area contributed by atoms with Crippen LogP contribution in [0, 0.1) is 5.92 Å². The van der Waals surface area contributed by atoms with Gasteiger partial charge in [0.25, 0.3) is 0 Å². The van der Waals surface area contributed by atoms with Crippen molar-refractivity contribution in [2.45, 2.75) is 37.2 Å². The highest BCUT2D eigenvalue weighted by atomic mass is 32.2. The van der Waals surface area contributed by atoms with Gasteiger partial charge in [0.1, 0.15) is 22.8 Å². The van der Waals surface area contributed by atoms with Crippen LogP contribution in [0.1, 0.15) is 25.3 Å². The number of nitrogens with two attached hydrogens (primary N) is 1. The van der Waals surface area contributed by atoms with Crippen LogP contribution in [0.15, 0.2) is 47.4 Å². The molecular formula is C27H37N3O7S. The second-order valence-corrected chi connectivity index (χ2v) is 10.4. The van der Waals surface area contributed by atoms with Crippen molar-refractivity contribution in [1.29, 1.82) is 0 Å². The molecular weight excluding hydrogens is 510 g/mol. The standard InChI is InChI=1S/C27H37N3O7S/c1-4-37-20-10-8-19(9-11-20)6-5-7-22(25(31)26(28)32)27(33)29-14-16-30(17-15-29)38(34)21-12-13-23(35-2)24(18-21)36-3/h8-13,18,22,25,31H,4-7,14-17H2,1-3H3,(H2,28,32). The molecule has 1 aliphatic rings. The average molecular weight is 548 g/mol. The first-order valence-electron chi connectivity index (χ1n) is 12.7. The van der Waals surface area contributed by atoms with Crippen molar-refractivity contribution < 1.29 is 33.1 Å². The summed E-state index contributed by atoms with van der Waals surface area (Å²) in [5.41, 5.74) is 6.43. The Balaban J connectivity index is 1.58. The van der Waals surface area contributed by atoms with E-state index in [0.29, 0.717) is 68.4 Å². The van der Waals surface area contributed by atoms with E-state index in [1.54, 1.807) is 27.4 Å². The number of rotatable bonds is 13. The summed E-state index contributed by atoms with van der Waals surface area (Å²) in [4.78, 5) is 27.3. The molecule has 0 spiro atoms. The Morgan fingerprint density at radius 1 is 1.03 bits per heavy atom. The Labute approximate surface area is 226 Å². The van der Waals surface area contributed by atoms with Crippen LogP contribution in [-0.4, -0.2) is 83.4 Å². The minimum atomic E-state index is -1.57. The number of primary amides is 1. The van der Waals surface area contributed by atoms with E-state index in [9.17, 15) is 18.9 Å². The number of amides is 2. The Morgan fingerprint density at radius 3 is 2.26 bits per heavy atom. The zero-order chi connectivity index (χ0) is 27.7. The first-order chi connectivity index (χ1) is 18.3. The number of aliphatic hydroxyl groups excluding tert-OH is 1. The Bertz CT molecular complexity index is 1100. The predicted octanol–water partition coefficient (Wildman–Crippen LogP) is 1.75. The maximum Gasteiger partial charge on any atom is 0.247 e. The molecule has 38 heavy (non-hydrogen) atoms. The molecule has 3 N–H and O–H groups in total. The van der Waals surface area contributed by atoms with Gasteiger partial charge in [-0.15, -0.1) is 0 Å². The molecule has 2 aromatic carbocycles. The predicted molar refractivity (Wildman–Crippen MR) is 143 cm³/mol. The molecule has 0 aliphatic carbocycles. The number of aryl methyl sites for hydroxylation is 1. The lowest BCUT2D eigenvalue weighted by Crippen LogP contribution is -2.53. The molecule has 2 aromatic rings. The van der Waals surface area contributed by atoms with E-state index >= 15 is 0 Å². The van der Waals surface area contributed by atoms with Gasteiger partial charge in [-0.2, -0.15) is 0 Å². The van der Waals surface area contributed by atoms with Gasteiger partial charge in [-0.25, -0.2) is 8.51 Å². The average Bonchev–Trinajstić information content (AvgIpc) is 2.95. The van der Waals surface area contributed by atoms with Crippen molar-refractivity contribution >= 4 is 22.8 Å². The third kappa shape index (κ3) is 7.46. The van der Waals surface area contributed by atoms with Crippen LogP contribution >= 0.6 is 0 Å². The molecule has 1 saturated heterocycles. The SMILES string of the molecule is CCOc1ccc(CCCC(C(=O)N2CCN(S(=O)c3ccc(OC)c(OC)c3)CC2)C(O)C(N)=O)cc1. The maximum atomic E-state index is 13.3. The number of hydrogen-bond acceptors (Lipinski definition) is 7.